The van der Waals surface area contributed by atoms with Crippen molar-refractivity contribution in [1.82, 2.24) is 14.3 Å². The number of piperidine rings is 1. The van der Waals surface area contributed by atoms with Gasteiger partial charge in [-0.2, -0.15) is 4.31 Å². The number of hydrazine groups is 1. The normalized spacial score (nSPS) is 21.8. The number of nitrogens with zero attached hydrogens (tertiary/aromatic N) is 3. The fraction of sp³-hybridized carbons (Fsp3) is 0.600. The zero-order chi connectivity index (χ0) is 13.2. The quantitative estimate of drug-likeness (QED) is 0.606. The molecule has 8 heteroatoms. The number of nitrogens with one attached hydrogen (secondary N) is 1. The van der Waals surface area contributed by atoms with Gasteiger partial charge in [0.1, 0.15) is 4.90 Å². The molecule has 2 heterocycles. The van der Waals surface area contributed by atoms with Gasteiger partial charge in [-0.25, -0.2) is 24.2 Å². The molecule has 0 saturated carbocycles. The average Bonchev–Trinajstić information content (AvgIpc) is 2.39. The summed E-state index contributed by atoms with van der Waals surface area (Å²) >= 11 is 0. The molecular formula is C10H17N5O2S. The van der Waals surface area contributed by atoms with Crippen molar-refractivity contribution in [3.05, 3.63) is 12.4 Å². The summed E-state index contributed by atoms with van der Waals surface area (Å²) in [5, 5.41) is 0. The van der Waals surface area contributed by atoms with Crippen molar-refractivity contribution < 1.29 is 8.42 Å². The Morgan fingerprint density at radius 1 is 1.39 bits per heavy atom. The first-order valence-corrected chi connectivity index (χ1v) is 7.30. The second kappa shape index (κ2) is 5.17. The van der Waals surface area contributed by atoms with Gasteiger partial charge in [-0.3, -0.25) is 5.43 Å². The van der Waals surface area contributed by atoms with Gasteiger partial charge in [-0.1, -0.05) is 6.42 Å². The van der Waals surface area contributed by atoms with Gasteiger partial charge in [0.05, 0.1) is 12.4 Å². The van der Waals surface area contributed by atoms with Crippen LogP contribution in [0.5, 0.6) is 0 Å². The van der Waals surface area contributed by atoms with Crippen LogP contribution in [0.1, 0.15) is 26.2 Å². The molecule has 0 spiro atoms. The van der Waals surface area contributed by atoms with Gasteiger partial charge in [0, 0.05) is 12.6 Å². The fourth-order valence-electron chi connectivity index (χ4n) is 2.09. The third-order valence-corrected chi connectivity index (χ3v) is 5.07. The van der Waals surface area contributed by atoms with Crippen molar-refractivity contribution in [3.63, 3.8) is 0 Å². The summed E-state index contributed by atoms with van der Waals surface area (Å²) in [7, 11) is -3.50. The lowest BCUT2D eigenvalue weighted by atomic mass is 10.1. The number of anilines is 1. The molecule has 1 atom stereocenters. The average molecular weight is 271 g/mol. The van der Waals surface area contributed by atoms with Gasteiger partial charge in [0.15, 0.2) is 0 Å². The van der Waals surface area contributed by atoms with E-state index in [0.717, 1.165) is 19.3 Å². The predicted octanol–water partition coefficient (Wildman–Crippen LogP) is 0.325. The van der Waals surface area contributed by atoms with Gasteiger partial charge >= 0.3 is 0 Å². The Morgan fingerprint density at radius 2 is 2.06 bits per heavy atom. The molecule has 1 unspecified atom stereocenters. The van der Waals surface area contributed by atoms with E-state index in [-0.39, 0.29) is 16.9 Å². The number of aromatic nitrogens is 2. The Morgan fingerprint density at radius 3 is 2.61 bits per heavy atom. The second-order valence-electron chi connectivity index (χ2n) is 4.35. The highest BCUT2D eigenvalue weighted by atomic mass is 32.2. The third kappa shape index (κ3) is 2.45. The molecule has 1 saturated heterocycles. The highest BCUT2D eigenvalue weighted by Crippen LogP contribution is 2.24. The van der Waals surface area contributed by atoms with Crippen LogP contribution in [0.4, 0.5) is 5.95 Å². The van der Waals surface area contributed by atoms with Crippen molar-refractivity contribution >= 4 is 16.0 Å². The lowest BCUT2D eigenvalue weighted by molar-refractivity contribution is 0.268. The minimum absolute atomic E-state index is 0.0241. The smallest absolute Gasteiger partial charge is 0.246 e. The lowest BCUT2D eigenvalue weighted by Crippen LogP contribution is -2.42. The molecule has 1 aliphatic rings. The van der Waals surface area contributed by atoms with Crippen LogP contribution in [0.2, 0.25) is 0 Å². The third-order valence-electron chi connectivity index (χ3n) is 3.11. The largest absolute Gasteiger partial charge is 0.292 e. The standard InChI is InChI=1S/C10H17N5O2S/c1-8-4-2-3-5-15(8)18(16,17)9-6-12-10(14-11)13-7-9/h6-8H,2-5,11H2,1H3,(H,12,13,14). The van der Waals surface area contributed by atoms with Crippen LogP contribution in [-0.2, 0) is 10.0 Å². The van der Waals surface area contributed by atoms with Crippen LogP contribution in [0, 0.1) is 0 Å². The fourth-order valence-corrected chi connectivity index (χ4v) is 3.68. The first-order valence-electron chi connectivity index (χ1n) is 5.86. The summed E-state index contributed by atoms with van der Waals surface area (Å²) in [5.41, 5.74) is 2.26. The Labute approximate surface area is 106 Å². The molecule has 1 fully saturated rings. The summed E-state index contributed by atoms with van der Waals surface area (Å²) in [5.74, 6) is 5.33. The van der Waals surface area contributed by atoms with Crippen LogP contribution >= 0.6 is 0 Å². The topological polar surface area (TPSA) is 101 Å². The minimum atomic E-state index is -3.50. The Bertz CT molecular complexity index is 502. The first kappa shape index (κ1) is 13.2. The molecule has 1 aromatic rings. The van der Waals surface area contributed by atoms with Crippen LogP contribution < -0.4 is 11.3 Å². The number of sulfonamides is 1. The maximum absolute atomic E-state index is 12.4. The van der Waals surface area contributed by atoms with E-state index < -0.39 is 10.0 Å². The van der Waals surface area contributed by atoms with E-state index in [2.05, 4.69) is 15.4 Å². The lowest BCUT2D eigenvalue weighted by Gasteiger charge is -2.32. The maximum Gasteiger partial charge on any atom is 0.246 e. The SMILES string of the molecule is CC1CCCCN1S(=O)(=O)c1cnc(NN)nc1. The van der Waals surface area contributed by atoms with Crippen molar-refractivity contribution in [1.29, 1.82) is 0 Å². The monoisotopic (exact) mass is 271 g/mol. The first-order chi connectivity index (χ1) is 8.55. The second-order valence-corrected chi connectivity index (χ2v) is 6.24. The summed E-state index contributed by atoms with van der Waals surface area (Å²) in [4.78, 5) is 7.77. The van der Waals surface area contributed by atoms with Crippen LogP contribution in [0.25, 0.3) is 0 Å². The van der Waals surface area contributed by atoms with E-state index >= 15 is 0 Å². The molecule has 7 nitrogen and oxygen atoms in total. The highest BCUT2D eigenvalue weighted by Gasteiger charge is 2.31. The number of hydrogen-bond acceptors (Lipinski definition) is 6. The van der Waals surface area contributed by atoms with Crippen LogP contribution in [-0.4, -0.2) is 35.3 Å². The van der Waals surface area contributed by atoms with Crippen molar-refractivity contribution in [2.75, 3.05) is 12.0 Å². The summed E-state index contributed by atoms with van der Waals surface area (Å²) in [6, 6.07) is 0.0241. The highest BCUT2D eigenvalue weighted by molar-refractivity contribution is 7.89. The summed E-state index contributed by atoms with van der Waals surface area (Å²) in [6.07, 6.45) is 5.41. The van der Waals surface area contributed by atoms with E-state index in [0.29, 0.717) is 6.54 Å². The predicted molar refractivity (Wildman–Crippen MR) is 67.0 cm³/mol. The molecule has 1 aliphatic heterocycles. The summed E-state index contributed by atoms with van der Waals surface area (Å²) < 4.78 is 26.3. The zero-order valence-corrected chi connectivity index (χ0v) is 11.0. The number of rotatable bonds is 3. The molecule has 100 valence electrons. The van der Waals surface area contributed by atoms with E-state index in [4.69, 9.17) is 5.84 Å². The Kier molecular flexibility index (Phi) is 3.79. The molecule has 0 radical (unpaired) electrons. The number of nitrogen functional groups attached to an aromatic ring is 1. The molecule has 0 aromatic carbocycles. The van der Waals surface area contributed by atoms with Gasteiger partial charge in [0.2, 0.25) is 16.0 Å². The van der Waals surface area contributed by atoms with Gasteiger partial charge in [-0.15, -0.1) is 0 Å². The van der Waals surface area contributed by atoms with Crippen molar-refractivity contribution in [2.24, 2.45) is 5.84 Å². The van der Waals surface area contributed by atoms with E-state index in [1.807, 2.05) is 6.92 Å². The molecule has 1 aromatic heterocycles. The van der Waals surface area contributed by atoms with E-state index in [1.54, 1.807) is 0 Å². The molecule has 2 rings (SSSR count). The van der Waals surface area contributed by atoms with E-state index in [9.17, 15) is 8.42 Å². The van der Waals surface area contributed by atoms with Crippen LogP contribution in [0.3, 0.4) is 0 Å². The van der Waals surface area contributed by atoms with Crippen molar-refractivity contribution in [2.45, 2.75) is 37.1 Å². The van der Waals surface area contributed by atoms with Gasteiger partial charge < -0.3 is 0 Å². The van der Waals surface area contributed by atoms with Crippen LogP contribution in [0.15, 0.2) is 17.3 Å². The molecular weight excluding hydrogens is 254 g/mol. The number of hydrogen-bond donors (Lipinski definition) is 2. The van der Waals surface area contributed by atoms with Gasteiger partial charge in [0.25, 0.3) is 0 Å². The van der Waals surface area contributed by atoms with E-state index in [1.165, 1.54) is 16.7 Å². The molecule has 0 aliphatic carbocycles. The molecule has 3 N–H and O–H groups in total. The molecule has 18 heavy (non-hydrogen) atoms. The van der Waals surface area contributed by atoms with Gasteiger partial charge in [-0.05, 0) is 19.8 Å². The number of nitrogens with two attached hydrogens (primary N) is 1. The Hall–Kier alpha value is -1.25. The summed E-state index contributed by atoms with van der Waals surface area (Å²) in [6.45, 7) is 2.48. The van der Waals surface area contributed by atoms with Crippen molar-refractivity contribution in [3.8, 4) is 0 Å². The molecule has 0 bridgehead atoms. The minimum Gasteiger partial charge on any atom is -0.292 e. The zero-order valence-electron chi connectivity index (χ0n) is 10.2. The maximum atomic E-state index is 12.4. The Balaban J connectivity index is 2.28. The molecule has 0 amide bonds.